The fourth-order valence-electron chi connectivity index (χ4n) is 2.56. The summed E-state index contributed by atoms with van der Waals surface area (Å²) in [5.74, 6) is -0.0320. The van der Waals surface area contributed by atoms with E-state index >= 15 is 0 Å². The molecule has 1 fully saturated rings. The Morgan fingerprint density at radius 3 is 2.48 bits per heavy atom. The summed E-state index contributed by atoms with van der Waals surface area (Å²) in [6.45, 7) is 10.4. The topological polar surface area (TPSA) is 67.7 Å². The van der Waals surface area contributed by atoms with Crippen LogP contribution in [-0.4, -0.2) is 63.4 Å². The van der Waals surface area contributed by atoms with E-state index in [1.54, 1.807) is 26.7 Å². The first-order valence-electron chi connectivity index (χ1n) is 8.11. The highest BCUT2D eigenvalue weighted by Crippen LogP contribution is 2.13. The summed E-state index contributed by atoms with van der Waals surface area (Å²) in [5.41, 5.74) is 0.0882. The molecule has 128 valence electrons. The van der Waals surface area contributed by atoms with Gasteiger partial charge in [-0.15, -0.1) is 0 Å². The van der Waals surface area contributed by atoms with Gasteiger partial charge in [-0.05, 0) is 40.2 Å². The average Bonchev–Trinajstić information content (AvgIpc) is 2.80. The van der Waals surface area contributed by atoms with Gasteiger partial charge >= 0.3 is 6.09 Å². The highest BCUT2D eigenvalue weighted by molar-refractivity contribution is 5.92. The molecule has 23 heavy (non-hydrogen) atoms. The number of hydrogen-bond acceptors (Lipinski definition) is 4. The maximum atomic E-state index is 12.6. The molecule has 0 aromatic carbocycles. The van der Waals surface area contributed by atoms with Gasteiger partial charge in [0.1, 0.15) is 11.3 Å². The van der Waals surface area contributed by atoms with Crippen molar-refractivity contribution in [3.63, 3.8) is 0 Å². The van der Waals surface area contributed by atoms with E-state index in [9.17, 15) is 9.59 Å². The summed E-state index contributed by atoms with van der Waals surface area (Å²) < 4.78 is 7.10. The number of amides is 2. The van der Waals surface area contributed by atoms with Gasteiger partial charge in [-0.1, -0.05) is 0 Å². The third-order valence-corrected chi connectivity index (χ3v) is 3.67. The van der Waals surface area contributed by atoms with Crippen LogP contribution in [0.25, 0.3) is 0 Å². The van der Waals surface area contributed by atoms with Crippen molar-refractivity contribution in [3.05, 3.63) is 18.0 Å². The number of carbonyl (C=O) groups excluding carboxylic acids is 2. The molecule has 1 aromatic rings. The Kier molecular flexibility index (Phi) is 5.28. The standard InChI is InChI=1S/C16H26N4O3/c1-5-20-13(7-8-17-20)14(21)18-9-6-10-19(12-11-18)15(22)23-16(2,3)4/h7-8H,5-6,9-12H2,1-4H3. The zero-order valence-electron chi connectivity index (χ0n) is 14.4. The van der Waals surface area contributed by atoms with Crippen LogP contribution in [-0.2, 0) is 11.3 Å². The lowest BCUT2D eigenvalue weighted by Gasteiger charge is -2.26. The van der Waals surface area contributed by atoms with Crippen LogP contribution in [0.4, 0.5) is 4.79 Å². The minimum absolute atomic E-state index is 0.0320. The number of hydrogen-bond donors (Lipinski definition) is 0. The molecule has 1 saturated heterocycles. The van der Waals surface area contributed by atoms with E-state index in [1.807, 2.05) is 27.7 Å². The van der Waals surface area contributed by atoms with Gasteiger partial charge in [0.05, 0.1) is 0 Å². The highest BCUT2D eigenvalue weighted by atomic mass is 16.6. The number of rotatable bonds is 2. The molecule has 0 aliphatic carbocycles. The Bertz CT molecular complexity index is 562. The molecule has 0 N–H and O–H groups in total. The Morgan fingerprint density at radius 1 is 1.17 bits per heavy atom. The number of aromatic nitrogens is 2. The van der Waals surface area contributed by atoms with Crippen LogP contribution in [0.2, 0.25) is 0 Å². The molecule has 0 saturated carbocycles. The summed E-state index contributed by atoms with van der Waals surface area (Å²) in [6.07, 6.45) is 2.07. The van der Waals surface area contributed by atoms with E-state index in [1.165, 1.54) is 0 Å². The van der Waals surface area contributed by atoms with E-state index in [-0.39, 0.29) is 12.0 Å². The van der Waals surface area contributed by atoms with Crippen molar-refractivity contribution in [2.75, 3.05) is 26.2 Å². The van der Waals surface area contributed by atoms with Crippen molar-refractivity contribution in [2.45, 2.75) is 46.3 Å². The molecule has 1 aromatic heterocycles. The van der Waals surface area contributed by atoms with Crippen LogP contribution in [0.1, 0.15) is 44.6 Å². The molecule has 0 unspecified atom stereocenters. The van der Waals surface area contributed by atoms with Crippen molar-refractivity contribution in [2.24, 2.45) is 0 Å². The van der Waals surface area contributed by atoms with Crippen LogP contribution in [0, 0.1) is 0 Å². The SMILES string of the molecule is CCn1nccc1C(=O)N1CCCN(C(=O)OC(C)(C)C)CC1. The van der Waals surface area contributed by atoms with Crippen molar-refractivity contribution in [1.29, 1.82) is 0 Å². The molecule has 0 bridgehead atoms. The summed E-state index contributed by atoms with van der Waals surface area (Å²) in [6, 6.07) is 1.74. The predicted molar refractivity (Wildman–Crippen MR) is 86.2 cm³/mol. The van der Waals surface area contributed by atoms with Gasteiger partial charge in [-0.2, -0.15) is 5.10 Å². The van der Waals surface area contributed by atoms with E-state index in [4.69, 9.17) is 4.74 Å². The summed E-state index contributed by atoms with van der Waals surface area (Å²) >= 11 is 0. The van der Waals surface area contributed by atoms with Crippen LogP contribution < -0.4 is 0 Å². The molecule has 0 atom stereocenters. The lowest BCUT2D eigenvalue weighted by atomic mass is 10.2. The van der Waals surface area contributed by atoms with Gasteiger partial charge in [-0.3, -0.25) is 9.48 Å². The Morgan fingerprint density at radius 2 is 1.83 bits per heavy atom. The number of ether oxygens (including phenoxy) is 1. The summed E-state index contributed by atoms with van der Waals surface area (Å²) in [7, 11) is 0. The average molecular weight is 322 g/mol. The molecule has 7 nitrogen and oxygen atoms in total. The predicted octanol–water partition coefficient (Wildman–Crippen LogP) is 1.99. The third-order valence-electron chi connectivity index (χ3n) is 3.67. The Labute approximate surface area is 137 Å². The molecule has 2 amide bonds. The van der Waals surface area contributed by atoms with Gasteiger partial charge in [0.25, 0.3) is 5.91 Å². The van der Waals surface area contributed by atoms with E-state index in [0.717, 1.165) is 6.42 Å². The van der Waals surface area contributed by atoms with Crippen molar-refractivity contribution >= 4 is 12.0 Å². The van der Waals surface area contributed by atoms with Crippen LogP contribution in [0.15, 0.2) is 12.3 Å². The number of carbonyl (C=O) groups is 2. The molecule has 2 rings (SSSR count). The molecular formula is C16H26N4O3. The van der Waals surface area contributed by atoms with E-state index in [0.29, 0.717) is 38.4 Å². The molecular weight excluding hydrogens is 296 g/mol. The van der Waals surface area contributed by atoms with Gasteiger partial charge in [0.2, 0.25) is 0 Å². The van der Waals surface area contributed by atoms with Crippen molar-refractivity contribution in [1.82, 2.24) is 19.6 Å². The molecule has 0 radical (unpaired) electrons. The zero-order chi connectivity index (χ0) is 17.0. The van der Waals surface area contributed by atoms with E-state index in [2.05, 4.69) is 5.10 Å². The number of aryl methyl sites for hydroxylation is 1. The van der Waals surface area contributed by atoms with Gasteiger partial charge in [-0.25, -0.2) is 4.79 Å². The first kappa shape index (κ1) is 17.3. The van der Waals surface area contributed by atoms with Crippen LogP contribution >= 0.6 is 0 Å². The molecule has 2 heterocycles. The second kappa shape index (κ2) is 7.02. The van der Waals surface area contributed by atoms with E-state index < -0.39 is 5.60 Å². The minimum atomic E-state index is -0.507. The summed E-state index contributed by atoms with van der Waals surface area (Å²) in [5, 5.41) is 4.14. The fourth-order valence-corrected chi connectivity index (χ4v) is 2.56. The largest absolute Gasteiger partial charge is 0.444 e. The second-order valence-corrected chi connectivity index (χ2v) is 6.65. The summed E-state index contributed by atoms with van der Waals surface area (Å²) in [4.78, 5) is 28.2. The maximum Gasteiger partial charge on any atom is 0.410 e. The molecule has 0 spiro atoms. The molecule has 1 aliphatic heterocycles. The Hall–Kier alpha value is -2.05. The van der Waals surface area contributed by atoms with Gasteiger partial charge in [0.15, 0.2) is 0 Å². The third kappa shape index (κ3) is 4.46. The minimum Gasteiger partial charge on any atom is -0.444 e. The molecule has 1 aliphatic rings. The van der Waals surface area contributed by atoms with Gasteiger partial charge in [0, 0.05) is 38.9 Å². The van der Waals surface area contributed by atoms with Crippen molar-refractivity contribution in [3.8, 4) is 0 Å². The van der Waals surface area contributed by atoms with Crippen LogP contribution in [0.3, 0.4) is 0 Å². The fraction of sp³-hybridized carbons (Fsp3) is 0.688. The second-order valence-electron chi connectivity index (χ2n) is 6.65. The Balaban J connectivity index is 1.98. The van der Waals surface area contributed by atoms with Crippen molar-refractivity contribution < 1.29 is 14.3 Å². The zero-order valence-corrected chi connectivity index (χ0v) is 14.4. The first-order chi connectivity index (χ1) is 10.8. The lowest BCUT2D eigenvalue weighted by Crippen LogP contribution is -2.40. The maximum absolute atomic E-state index is 12.6. The first-order valence-corrected chi connectivity index (χ1v) is 8.11. The smallest absolute Gasteiger partial charge is 0.410 e. The molecule has 7 heteroatoms. The lowest BCUT2D eigenvalue weighted by molar-refractivity contribution is 0.0255. The quantitative estimate of drug-likeness (QED) is 0.835. The number of nitrogens with zero attached hydrogens (tertiary/aromatic N) is 4. The van der Waals surface area contributed by atoms with Gasteiger partial charge < -0.3 is 14.5 Å². The highest BCUT2D eigenvalue weighted by Gasteiger charge is 2.27. The normalized spacial score (nSPS) is 16.2. The monoisotopic (exact) mass is 322 g/mol. The van der Waals surface area contributed by atoms with Crippen LogP contribution in [0.5, 0.6) is 0 Å².